The minimum absolute atomic E-state index is 0.0818. The second kappa shape index (κ2) is 6.35. The van der Waals surface area contributed by atoms with Crippen molar-refractivity contribution in [1.82, 2.24) is 9.88 Å². The van der Waals surface area contributed by atoms with Crippen molar-refractivity contribution in [1.29, 1.82) is 0 Å². The third kappa shape index (κ3) is 3.45. The lowest BCUT2D eigenvalue weighted by Crippen LogP contribution is -2.43. The van der Waals surface area contributed by atoms with E-state index in [1.165, 1.54) is 25.9 Å². The molecule has 2 rings (SSSR count). The Morgan fingerprint density at radius 3 is 2.63 bits per heavy atom. The van der Waals surface area contributed by atoms with Crippen LogP contribution in [0.3, 0.4) is 0 Å². The summed E-state index contributed by atoms with van der Waals surface area (Å²) in [4.78, 5) is 9.37. The van der Waals surface area contributed by atoms with Crippen LogP contribution in [0.25, 0.3) is 0 Å². The van der Waals surface area contributed by atoms with Gasteiger partial charge in [0.2, 0.25) is 0 Å². The Labute approximate surface area is 116 Å². The Morgan fingerprint density at radius 2 is 2.05 bits per heavy atom. The van der Waals surface area contributed by atoms with Crippen LogP contribution in [0.1, 0.15) is 31.0 Å². The molecule has 1 saturated heterocycles. The highest BCUT2D eigenvalue weighted by Gasteiger charge is 2.22. The van der Waals surface area contributed by atoms with Crippen LogP contribution in [0.4, 0.5) is 5.82 Å². The van der Waals surface area contributed by atoms with E-state index in [2.05, 4.69) is 28.8 Å². The molecule has 0 spiro atoms. The Balaban J connectivity index is 2.07. The third-order valence-corrected chi connectivity index (χ3v) is 4.10. The van der Waals surface area contributed by atoms with Crippen molar-refractivity contribution >= 4 is 5.82 Å². The van der Waals surface area contributed by atoms with Crippen LogP contribution in [0, 0.1) is 6.92 Å². The number of likely N-dealkylation sites (tertiary alicyclic amines) is 1. The molecule has 1 aliphatic rings. The molecule has 4 heteroatoms. The quantitative estimate of drug-likeness (QED) is 0.899. The molecule has 0 unspecified atom stereocenters. The van der Waals surface area contributed by atoms with Gasteiger partial charge >= 0.3 is 0 Å². The molecule has 1 aliphatic heterocycles. The predicted octanol–water partition coefficient (Wildman–Crippen LogP) is 1.80. The van der Waals surface area contributed by atoms with Crippen molar-refractivity contribution in [3.8, 4) is 0 Å². The fraction of sp³-hybridized carbons (Fsp3) is 0.667. The average molecular weight is 263 g/mol. The van der Waals surface area contributed by atoms with Crippen LogP contribution >= 0.6 is 0 Å². The molecule has 1 fully saturated rings. The van der Waals surface area contributed by atoms with Gasteiger partial charge in [0.05, 0.1) is 6.61 Å². The molecule has 0 saturated carbocycles. The zero-order chi connectivity index (χ0) is 13.8. The van der Waals surface area contributed by atoms with Gasteiger partial charge in [0.25, 0.3) is 0 Å². The molecule has 19 heavy (non-hydrogen) atoms. The summed E-state index contributed by atoms with van der Waals surface area (Å²) in [5.41, 5.74) is 1.92. The van der Waals surface area contributed by atoms with E-state index in [-0.39, 0.29) is 6.61 Å². The van der Waals surface area contributed by atoms with Crippen molar-refractivity contribution in [3.05, 3.63) is 23.4 Å². The molecule has 0 aliphatic carbocycles. The second-order valence-electron chi connectivity index (χ2n) is 5.41. The highest BCUT2D eigenvalue weighted by molar-refractivity contribution is 5.43. The molecular formula is C15H25N3O. The van der Waals surface area contributed by atoms with Gasteiger partial charge in [-0.3, -0.25) is 0 Å². The van der Waals surface area contributed by atoms with Crippen molar-refractivity contribution in [2.24, 2.45) is 0 Å². The molecule has 0 radical (unpaired) electrons. The lowest BCUT2D eigenvalue weighted by atomic mass is 10.0. The molecule has 2 heterocycles. The predicted molar refractivity (Wildman–Crippen MR) is 78.4 cm³/mol. The lowest BCUT2D eigenvalue weighted by Gasteiger charge is -2.37. The van der Waals surface area contributed by atoms with Crippen LogP contribution in [-0.4, -0.2) is 47.7 Å². The third-order valence-electron chi connectivity index (χ3n) is 4.10. The maximum Gasteiger partial charge on any atom is 0.129 e. The van der Waals surface area contributed by atoms with Crippen molar-refractivity contribution in [2.45, 2.75) is 39.3 Å². The van der Waals surface area contributed by atoms with Gasteiger partial charge in [-0.1, -0.05) is 6.92 Å². The van der Waals surface area contributed by atoms with Crippen LogP contribution < -0.4 is 4.90 Å². The first-order valence-corrected chi connectivity index (χ1v) is 7.17. The summed E-state index contributed by atoms with van der Waals surface area (Å²) in [5.74, 6) is 0.985. The van der Waals surface area contributed by atoms with Gasteiger partial charge in [0.1, 0.15) is 5.82 Å². The summed E-state index contributed by atoms with van der Waals surface area (Å²) < 4.78 is 0. The summed E-state index contributed by atoms with van der Waals surface area (Å²) in [5, 5.41) is 9.29. The van der Waals surface area contributed by atoms with Gasteiger partial charge in [-0.2, -0.15) is 0 Å². The number of aromatic nitrogens is 1. The monoisotopic (exact) mass is 263 g/mol. The summed E-state index contributed by atoms with van der Waals surface area (Å²) in [6.45, 7) is 7.77. The first kappa shape index (κ1) is 14.3. The zero-order valence-corrected chi connectivity index (χ0v) is 12.3. The maximum atomic E-state index is 9.29. The van der Waals surface area contributed by atoms with E-state index in [1.54, 1.807) is 0 Å². The van der Waals surface area contributed by atoms with Crippen LogP contribution in [-0.2, 0) is 6.61 Å². The molecule has 1 aromatic heterocycles. The number of pyridine rings is 1. The molecule has 1 aromatic rings. The van der Waals surface area contributed by atoms with E-state index in [4.69, 9.17) is 0 Å². The van der Waals surface area contributed by atoms with Crippen molar-refractivity contribution < 1.29 is 5.11 Å². The standard InChI is InChI=1S/C15H25N3O/c1-4-18-7-5-14(6-8-18)17(3)15-10-13(11-19)9-12(2)16-15/h9-10,14,19H,4-8,11H2,1-3H3. The number of piperidine rings is 1. The smallest absolute Gasteiger partial charge is 0.129 e. The number of aryl methyl sites for hydroxylation is 1. The Bertz CT molecular complexity index is 414. The first-order valence-electron chi connectivity index (χ1n) is 7.17. The Kier molecular flexibility index (Phi) is 4.77. The van der Waals surface area contributed by atoms with E-state index in [1.807, 2.05) is 19.1 Å². The van der Waals surface area contributed by atoms with Gasteiger partial charge in [0.15, 0.2) is 0 Å². The molecule has 0 aromatic carbocycles. The number of aliphatic hydroxyl groups is 1. The fourth-order valence-electron chi connectivity index (χ4n) is 2.80. The fourth-order valence-corrected chi connectivity index (χ4v) is 2.80. The van der Waals surface area contributed by atoms with Crippen LogP contribution in [0.5, 0.6) is 0 Å². The number of hydrogen-bond donors (Lipinski definition) is 1. The largest absolute Gasteiger partial charge is 0.392 e. The molecule has 0 bridgehead atoms. The highest BCUT2D eigenvalue weighted by atomic mass is 16.3. The number of rotatable bonds is 4. The highest BCUT2D eigenvalue weighted by Crippen LogP contribution is 2.22. The first-order chi connectivity index (χ1) is 9.13. The zero-order valence-electron chi connectivity index (χ0n) is 12.3. The van der Waals surface area contributed by atoms with E-state index in [9.17, 15) is 5.11 Å². The number of hydrogen-bond acceptors (Lipinski definition) is 4. The van der Waals surface area contributed by atoms with Crippen molar-refractivity contribution in [2.75, 3.05) is 31.6 Å². The summed E-state index contributed by atoms with van der Waals surface area (Å²) in [6.07, 6.45) is 2.38. The number of nitrogens with zero attached hydrogens (tertiary/aromatic N) is 3. The van der Waals surface area contributed by atoms with E-state index >= 15 is 0 Å². The van der Waals surface area contributed by atoms with Crippen LogP contribution in [0.2, 0.25) is 0 Å². The number of anilines is 1. The summed E-state index contributed by atoms with van der Waals surface area (Å²) >= 11 is 0. The normalized spacial score (nSPS) is 17.7. The molecule has 106 valence electrons. The van der Waals surface area contributed by atoms with Gasteiger partial charge < -0.3 is 14.9 Å². The molecule has 1 N–H and O–H groups in total. The van der Waals surface area contributed by atoms with E-state index in [0.717, 1.165) is 23.6 Å². The molecule has 4 nitrogen and oxygen atoms in total. The van der Waals surface area contributed by atoms with Gasteiger partial charge in [0, 0.05) is 31.9 Å². The maximum absolute atomic E-state index is 9.29. The van der Waals surface area contributed by atoms with Gasteiger partial charge in [-0.05, 0) is 44.0 Å². The topological polar surface area (TPSA) is 39.6 Å². The van der Waals surface area contributed by atoms with E-state index in [0.29, 0.717) is 6.04 Å². The Morgan fingerprint density at radius 1 is 1.37 bits per heavy atom. The lowest BCUT2D eigenvalue weighted by molar-refractivity contribution is 0.220. The van der Waals surface area contributed by atoms with Crippen LogP contribution in [0.15, 0.2) is 12.1 Å². The molecular weight excluding hydrogens is 238 g/mol. The summed E-state index contributed by atoms with van der Waals surface area (Å²) in [7, 11) is 2.12. The second-order valence-corrected chi connectivity index (χ2v) is 5.41. The van der Waals surface area contributed by atoms with Gasteiger partial charge in [-0.15, -0.1) is 0 Å². The van der Waals surface area contributed by atoms with Crippen molar-refractivity contribution in [3.63, 3.8) is 0 Å². The average Bonchev–Trinajstić information content (AvgIpc) is 2.46. The molecule has 0 amide bonds. The van der Waals surface area contributed by atoms with E-state index < -0.39 is 0 Å². The minimum Gasteiger partial charge on any atom is -0.392 e. The number of aliphatic hydroxyl groups excluding tert-OH is 1. The minimum atomic E-state index is 0.0818. The SMILES string of the molecule is CCN1CCC(N(C)c2cc(CO)cc(C)n2)CC1. The summed E-state index contributed by atoms with van der Waals surface area (Å²) in [6, 6.07) is 4.50. The van der Waals surface area contributed by atoms with Gasteiger partial charge in [-0.25, -0.2) is 4.98 Å². The molecule has 0 atom stereocenters. The Hall–Kier alpha value is -1.13.